The Balaban J connectivity index is 1.22. The van der Waals surface area contributed by atoms with Crippen LogP contribution in [0.3, 0.4) is 0 Å². The van der Waals surface area contributed by atoms with Crippen LogP contribution in [0.2, 0.25) is 0 Å². The van der Waals surface area contributed by atoms with Gasteiger partial charge in [-0.3, -0.25) is 4.90 Å². The molecule has 0 spiro atoms. The minimum absolute atomic E-state index is 0.205. The predicted molar refractivity (Wildman–Crippen MR) is 116 cm³/mol. The summed E-state index contributed by atoms with van der Waals surface area (Å²) in [4.78, 5) is 12.1. The zero-order chi connectivity index (χ0) is 22.3. The molecule has 0 aliphatic carbocycles. The SMILES string of the molecule is N#Cc1ccc2[nH]cc(CCCN3CC4CCC(C3)N4c3cc(C(F)(F)F)ccn3)c2c1. The monoisotopic (exact) mass is 439 g/mol. The molecule has 5 rings (SSSR count). The average molecular weight is 439 g/mol. The summed E-state index contributed by atoms with van der Waals surface area (Å²) < 4.78 is 39.4. The fraction of sp³-hybridized carbons (Fsp3) is 0.417. The second-order valence-electron chi connectivity index (χ2n) is 8.74. The predicted octanol–water partition coefficient (Wildman–Crippen LogP) is 4.74. The Morgan fingerprint density at radius 3 is 2.62 bits per heavy atom. The Morgan fingerprint density at radius 2 is 1.91 bits per heavy atom. The summed E-state index contributed by atoms with van der Waals surface area (Å²) in [5, 5.41) is 10.3. The molecule has 2 bridgehead atoms. The lowest BCUT2D eigenvalue weighted by Gasteiger charge is -2.42. The number of benzene rings is 1. The molecule has 1 N–H and O–H groups in total. The molecule has 8 heteroatoms. The van der Waals surface area contributed by atoms with Crippen molar-refractivity contribution >= 4 is 16.7 Å². The summed E-state index contributed by atoms with van der Waals surface area (Å²) >= 11 is 0. The van der Waals surface area contributed by atoms with E-state index in [0.29, 0.717) is 11.4 Å². The van der Waals surface area contributed by atoms with E-state index in [0.717, 1.165) is 62.3 Å². The second kappa shape index (κ2) is 8.14. The Bertz CT molecular complexity index is 1150. The zero-order valence-electron chi connectivity index (χ0n) is 17.6. The van der Waals surface area contributed by atoms with Crippen LogP contribution in [0.15, 0.2) is 42.7 Å². The highest BCUT2D eigenvalue weighted by Gasteiger charge is 2.41. The van der Waals surface area contributed by atoms with Gasteiger partial charge in [-0.1, -0.05) is 0 Å². The normalized spacial score (nSPS) is 21.2. The average Bonchev–Trinajstić information content (AvgIpc) is 3.30. The highest BCUT2D eigenvalue weighted by atomic mass is 19.4. The van der Waals surface area contributed by atoms with Gasteiger partial charge in [0.05, 0.1) is 17.2 Å². The molecule has 0 saturated carbocycles. The van der Waals surface area contributed by atoms with E-state index in [4.69, 9.17) is 5.26 Å². The van der Waals surface area contributed by atoms with Gasteiger partial charge in [0.25, 0.3) is 0 Å². The van der Waals surface area contributed by atoms with E-state index in [1.165, 1.54) is 17.8 Å². The number of hydrogen-bond acceptors (Lipinski definition) is 4. The summed E-state index contributed by atoms with van der Waals surface area (Å²) in [5.41, 5.74) is 2.28. The van der Waals surface area contributed by atoms with Gasteiger partial charge in [0.15, 0.2) is 0 Å². The molecule has 2 fully saturated rings. The van der Waals surface area contributed by atoms with Crippen LogP contribution in [0.5, 0.6) is 0 Å². The largest absolute Gasteiger partial charge is 0.416 e. The number of fused-ring (bicyclic) bond motifs is 3. The summed E-state index contributed by atoms with van der Waals surface area (Å²) in [6.07, 6.45) is 2.81. The van der Waals surface area contributed by atoms with E-state index in [1.807, 2.05) is 24.4 Å². The van der Waals surface area contributed by atoms with Gasteiger partial charge in [-0.05, 0) is 68.1 Å². The molecular weight excluding hydrogens is 415 g/mol. The Kier molecular flexibility index (Phi) is 5.30. The zero-order valence-corrected chi connectivity index (χ0v) is 17.6. The molecule has 2 aliphatic heterocycles. The van der Waals surface area contributed by atoms with E-state index >= 15 is 0 Å². The molecule has 2 saturated heterocycles. The first-order chi connectivity index (χ1) is 15.4. The number of nitrogens with zero attached hydrogens (tertiary/aromatic N) is 4. The number of piperazine rings is 1. The van der Waals surface area contributed by atoms with Crippen LogP contribution in [-0.4, -0.2) is 46.6 Å². The van der Waals surface area contributed by atoms with Crippen molar-refractivity contribution in [2.75, 3.05) is 24.5 Å². The number of anilines is 1. The van der Waals surface area contributed by atoms with Crippen molar-refractivity contribution in [3.8, 4) is 6.07 Å². The van der Waals surface area contributed by atoms with Gasteiger partial charge in [-0.25, -0.2) is 4.98 Å². The van der Waals surface area contributed by atoms with Gasteiger partial charge in [-0.2, -0.15) is 18.4 Å². The minimum Gasteiger partial charge on any atom is -0.361 e. The van der Waals surface area contributed by atoms with E-state index < -0.39 is 11.7 Å². The van der Waals surface area contributed by atoms with Gasteiger partial charge in [-0.15, -0.1) is 0 Å². The standard InChI is InChI=1S/C24H24F3N5/c25-24(26,27)18-7-8-29-23(11-18)32-19-4-5-20(32)15-31(14-19)9-1-2-17-13-30-22-6-3-16(12-28)10-21(17)22/h3,6-8,10-11,13,19-20,30H,1-2,4-5,9,14-15H2. The lowest BCUT2D eigenvalue weighted by atomic mass is 10.1. The number of H-pyrrole nitrogens is 1. The van der Waals surface area contributed by atoms with Gasteiger partial charge < -0.3 is 9.88 Å². The molecule has 2 atom stereocenters. The van der Waals surface area contributed by atoms with Crippen LogP contribution >= 0.6 is 0 Å². The Morgan fingerprint density at radius 1 is 1.12 bits per heavy atom. The number of likely N-dealkylation sites (tertiary alicyclic amines) is 1. The molecule has 5 nitrogen and oxygen atoms in total. The molecule has 4 heterocycles. The Labute approximate surface area is 184 Å². The molecule has 166 valence electrons. The third kappa shape index (κ3) is 3.93. The van der Waals surface area contributed by atoms with Crippen LogP contribution < -0.4 is 4.90 Å². The maximum Gasteiger partial charge on any atom is 0.416 e. The lowest BCUT2D eigenvalue weighted by molar-refractivity contribution is -0.137. The number of aromatic amines is 1. The first-order valence-corrected chi connectivity index (χ1v) is 11.0. The van der Waals surface area contributed by atoms with Gasteiger partial charge >= 0.3 is 6.18 Å². The molecular formula is C24H24F3N5. The van der Waals surface area contributed by atoms with Crippen LogP contribution in [0, 0.1) is 11.3 Å². The third-order valence-electron chi connectivity index (χ3n) is 6.71. The van der Waals surface area contributed by atoms with Gasteiger partial charge in [0.2, 0.25) is 0 Å². The fourth-order valence-electron chi connectivity index (χ4n) is 5.23. The van der Waals surface area contributed by atoms with Crippen LogP contribution in [0.4, 0.5) is 19.0 Å². The lowest BCUT2D eigenvalue weighted by Crippen LogP contribution is -2.54. The maximum atomic E-state index is 13.1. The third-order valence-corrected chi connectivity index (χ3v) is 6.71. The van der Waals surface area contributed by atoms with Crippen molar-refractivity contribution in [1.82, 2.24) is 14.9 Å². The van der Waals surface area contributed by atoms with Crippen LogP contribution in [0.25, 0.3) is 10.9 Å². The summed E-state index contributed by atoms with van der Waals surface area (Å²) in [6.45, 7) is 2.64. The first kappa shape index (κ1) is 20.8. The molecule has 2 unspecified atom stereocenters. The van der Waals surface area contributed by atoms with E-state index in [1.54, 1.807) is 0 Å². The number of aryl methyl sites for hydroxylation is 1. The number of nitrogens with one attached hydrogen (secondary N) is 1. The highest BCUT2D eigenvalue weighted by Crippen LogP contribution is 2.37. The first-order valence-electron chi connectivity index (χ1n) is 11.0. The number of hydrogen-bond donors (Lipinski definition) is 1. The summed E-state index contributed by atoms with van der Waals surface area (Å²) in [5.74, 6) is 0.444. The molecule has 0 amide bonds. The van der Waals surface area contributed by atoms with E-state index in [2.05, 4.69) is 25.8 Å². The minimum atomic E-state index is -4.35. The molecule has 2 aromatic heterocycles. The number of alkyl halides is 3. The number of pyridine rings is 1. The van der Waals surface area contributed by atoms with E-state index in [-0.39, 0.29) is 12.1 Å². The number of rotatable bonds is 5. The molecule has 32 heavy (non-hydrogen) atoms. The van der Waals surface area contributed by atoms with Crippen molar-refractivity contribution in [3.63, 3.8) is 0 Å². The fourth-order valence-corrected chi connectivity index (χ4v) is 5.23. The number of halogens is 3. The second-order valence-corrected chi connectivity index (χ2v) is 8.74. The quantitative estimate of drug-likeness (QED) is 0.624. The van der Waals surface area contributed by atoms with Crippen molar-refractivity contribution in [1.29, 1.82) is 5.26 Å². The van der Waals surface area contributed by atoms with Gasteiger partial charge in [0.1, 0.15) is 5.82 Å². The number of aromatic nitrogens is 2. The molecule has 0 radical (unpaired) electrons. The van der Waals surface area contributed by atoms with Crippen LogP contribution in [-0.2, 0) is 12.6 Å². The Hall–Kier alpha value is -3.05. The van der Waals surface area contributed by atoms with Gasteiger partial charge in [0, 0.05) is 48.5 Å². The smallest absolute Gasteiger partial charge is 0.361 e. The summed E-state index contributed by atoms with van der Waals surface area (Å²) in [6, 6.07) is 10.5. The highest BCUT2D eigenvalue weighted by molar-refractivity contribution is 5.84. The number of nitriles is 1. The van der Waals surface area contributed by atoms with Crippen molar-refractivity contribution in [2.45, 2.75) is 43.9 Å². The summed E-state index contributed by atoms with van der Waals surface area (Å²) in [7, 11) is 0. The van der Waals surface area contributed by atoms with Crippen molar-refractivity contribution in [3.05, 3.63) is 59.4 Å². The van der Waals surface area contributed by atoms with Crippen molar-refractivity contribution < 1.29 is 13.2 Å². The topological polar surface area (TPSA) is 59.0 Å². The molecule has 3 aromatic rings. The van der Waals surface area contributed by atoms with Crippen LogP contribution in [0.1, 0.15) is 36.0 Å². The molecule has 2 aliphatic rings. The maximum absolute atomic E-state index is 13.1. The van der Waals surface area contributed by atoms with E-state index in [9.17, 15) is 13.2 Å². The molecule has 1 aromatic carbocycles. The van der Waals surface area contributed by atoms with Crippen molar-refractivity contribution in [2.24, 2.45) is 0 Å².